The van der Waals surface area contributed by atoms with E-state index in [1.165, 1.54) is 36.1 Å². The summed E-state index contributed by atoms with van der Waals surface area (Å²) in [6.07, 6.45) is 0.510. The van der Waals surface area contributed by atoms with Crippen LogP contribution in [0.5, 0.6) is 0 Å². The van der Waals surface area contributed by atoms with Crippen molar-refractivity contribution in [2.24, 2.45) is 11.8 Å². The number of amides is 3. The summed E-state index contributed by atoms with van der Waals surface area (Å²) in [5, 5.41) is 8.58. The highest BCUT2D eigenvalue weighted by Crippen LogP contribution is 2.44. The number of carbonyl (C=O) groups is 3. The predicted molar refractivity (Wildman–Crippen MR) is 153 cm³/mol. The topological polar surface area (TPSA) is 96.5 Å². The molecule has 3 amide bonds. The summed E-state index contributed by atoms with van der Waals surface area (Å²) in [6.45, 7) is 5.99. The van der Waals surface area contributed by atoms with Crippen molar-refractivity contribution in [2.45, 2.75) is 33.1 Å². The number of fused-ring (bicyclic) bond motifs is 3. The van der Waals surface area contributed by atoms with E-state index in [-0.39, 0.29) is 30.3 Å². The molecule has 0 saturated carbocycles. The van der Waals surface area contributed by atoms with E-state index < -0.39 is 6.09 Å². The highest BCUT2D eigenvalue weighted by molar-refractivity contribution is 7.99. The van der Waals surface area contributed by atoms with E-state index in [2.05, 4.69) is 47.1 Å². The zero-order valence-corrected chi connectivity index (χ0v) is 23.4. The number of thioether (sulfide) groups is 2. The van der Waals surface area contributed by atoms with Gasteiger partial charge in [0.1, 0.15) is 6.61 Å². The molecule has 1 aliphatic carbocycles. The average molecular weight is 544 g/mol. The monoisotopic (exact) mass is 543 g/mol. The minimum absolute atomic E-state index is 0.0281. The van der Waals surface area contributed by atoms with Crippen molar-refractivity contribution in [3.63, 3.8) is 0 Å². The maximum Gasteiger partial charge on any atom is 0.407 e. The van der Waals surface area contributed by atoms with Gasteiger partial charge in [-0.05, 0) is 52.0 Å². The van der Waals surface area contributed by atoms with Gasteiger partial charge in [0.25, 0.3) is 0 Å². The minimum Gasteiger partial charge on any atom is -0.449 e. The lowest BCUT2D eigenvalue weighted by Gasteiger charge is -2.22. The summed E-state index contributed by atoms with van der Waals surface area (Å²) in [5.41, 5.74) is 4.78. The third-order valence-corrected chi connectivity index (χ3v) is 8.43. The van der Waals surface area contributed by atoms with Gasteiger partial charge in [0.15, 0.2) is 0 Å². The number of benzene rings is 2. The number of rotatable bonds is 14. The first-order valence-electron chi connectivity index (χ1n) is 12.6. The summed E-state index contributed by atoms with van der Waals surface area (Å²) >= 11 is 3.34. The standard InChI is InChI=1S/C28H37N3O4S2/c1-19(15-36-17-30-20(2)32)12-22(16-37-18-31-21(3)33)13-29-28(34)35-14-27-25-10-6-4-8-23(25)24-9-5-7-11-26(24)27/h4-11,19,22,27H,12-18H2,1-3H3,(H,29,34)(H,30,32)(H,31,33). The summed E-state index contributed by atoms with van der Waals surface area (Å²) in [6, 6.07) is 16.6. The molecule has 9 heteroatoms. The van der Waals surface area contributed by atoms with E-state index in [9.17, 15) is 14.4 Å². The van der Waals surface area contributed by atoms with Crippen molar-refractivity contribution in [3.8, 4) is 11.1 Å². The van der Waals surface area contributed by atoms with Gasteiger partial charge in [0.05, 0.1) is 11.8 Å². The largest absolute Gasteiger partial charge is 0.449 e. The molecule has 0 spiro atoms. The van der Waals surface area contributed by atoms with E-state index >= 15 is 0 Å². The fourth-order valence-electron chi connectivity index (χ4n) is 4.52. The molecule has 0 aliphatic heterocycles. The average Bonchev–Trinajstić information content (AvgIpc) is 3.19. The van der Waals surface area contributed by atoms with Crippen LogP contribution in [0, 0.1) is 11.8 Å². The van der Waals surface area contributed by atoms with Gasteiger partial charge in [-0.15, -0.1) is 23.5 Å². The summed E-state index contributed by atoms with van der Waals surface area (Å²) in [5.74, 6) is 3.46. The zero-order chi connectivity index (χ0) is 26.6. The molecule has 0 heterocycles. The Kier molecular flexibility index (Phi) is 11.7. The van der Waals surface area contributed by atoms with Crippen molar-refractivity contribution < 1.29 is 19.1 Å². The second kappa shape index (κ2) is 14.9. The van der Waals surface area contributed by atoms with E-state index in [1.54, 1.807) is 23.5 Å². The number of carbonyl (C=O) groups excluding carboxylic acids is 3. The van der Waals surface area contributed by atoms with E-state index in [0.717, 1.165) is 17.9 Å². The number of hydrogen-bond donors (Lipinski definition) is 3. The molecule has 2 aromatic carbocycles. The molecule has 0 radical (unpaired) electrons. The number of nitrogens with one attached hydrogen (secondary N) is 3. The van der Waals surface area contributed by atoms with Gasteiger partial charge in [-0.2, -0.15) is 0 Å². The quantitative estimate of drug-likeness (QED) is 0.234. The lowest BCUT2D eigenvalue weighted by atomic mass is 9.98. The fourth-order valence-corrected chi connectivity index (χ4v) is 6.49. The molecule has 0 aromatic heterocycles. The normalized spacial score (nSPS) is 13.7. The molecule has 0 bridgehead atoms. The van der Waals surface area contributed by atoms with Crippen LogP contribution in [-0.4, -0.2) is 54.3 Å². The van der Waals surface area contributed by atoms with Crippen LogP contribution in [0.15, 0.2) is 48.5 Å². The first-order chi connectivity index (χ1) is 17.8. The van der Waals surface area contributed by atoms with Gasteiger partial charge in [-0.3, -0.25) is 9.59 Å². The van der Waals surface area contributed by atoms with Crippen LogP contribution < -0.4 is 16.0 Å². The van der Waals surface area contributed by atoms with Crippen molar-refractivity contribution >= 4 is 41.4 Å². The number of alkyl carbamates (subject to hydrolysis) is 1. The Balaban J connectivity index is 1.49. The van der Waals surface area contributed by atoms with E-state index in [0.29, 0.717) is 24.2 Å². The Hall–Kier alpha value is -2.65. The molecule has 200 valence electrons. The summed E-state index contributed by atoms with van der Waals surface area (Å²) < 4.78 is 5.70. The first kappa shape index (κ1) is 28.9. The molecule has 37 heavy (non-hydrogen) atoms. The smallest absolute Gasteiger partial charge is 0.407 e. The Morgan fingerprint density at radius 1 is 0.838 bits per heavy atom. The maximum absolute atomic E-state index is 12.7. The molecule has 3 rings (SSSR count). The SMILES string of the molecule is CC(=O)NCSCC(C)CC(CNC(=O)OCC1c2ccccc2-c2ccccc21)CSCNC(C)=O. The summed E-state index contributed by atoms with van der Waals surface area (Å²) in [7, 11) is 0. The Bertz CT molecular complexity index is 1020. The van der Waals surface area contributed by atoms with Crippen LogP contribution >= 0.6 is 23.5 Å². The van der Waals surface area contributed by atoms with Gasteiger partial charge >= 0.3 is 6.09 Å². The first-order valence-corrected chi connectivity index (χ1v) is 14.9. The van der Waals surface area contributed by atoms with Crippen molar-refractivity contribution in [1.29, 1.82) is 0 Å². The molecular weight excluding hydrogens is 506 g/mol. The Labute approximate surface area is 228 Å². The second-order valence-corrected chi connectivity index (χ2v) is 11.5. The highest BCUT2D eigenvalue weighted by atomic mass is 32.2. The highest BCUT2D eigenvalue weighted by Gasteiger charge is 2.29. The molecule has 0 saturated heterocycles. The van der Waals surface area contributed by atoms with Crippen LogP contribution in [0.3, 0.4) is 0 Å². The second-order valence-electron chi connectivity index (χ2n) is 9.41. The third-order valence-electron chi connectivity index (χ3n) is 6.22. The molecular formula is C28H37N3O4S2. The van der Waals surface area contributed by atoms with Crippen molar-refractivity contribution in [3.05, 3.63) is 59.7 Å². The molecule has 2 atom stereocenters. The molecule has 2 unspecified atom stereocenters. The van der Waals surface area contributed by atoms with Crippen LogP contribution in [0.1, 0.15) is 44.2 Å². The summed E-state index contributed by atoms with van der Waals surface area (Å²) in [4.78, 5) is 34.9. The Morgan fingerprint density at radius 2 is 1.38 bits per heavy atom. The van der Waals surface area contributed by atoms with Gasteiger partial charge in [-0.25, -0.2) is 4.79 Å². The van der Waals surface area contributed by atoms with Gasteiger partial charge in [0, 0.05) is 26.3 Å². The maximum atomic E-state index is 12.7. The molecule has 1 aliphatic rings. The van der Waals surface area contributed by atoms with Crippen LogP contribution in [0.25, 0.3) is 11.1 Å². The van der Waals surface area contributed by atoms with Crippen molar-refractivity contribution in [2.75, 3.05) is 36.4 Å². The molecule has 2 aromatic rings. The molecule has 0 fully saturated rings. The van der Waals surface area contributed by atoms with Crippen molar-refractivity contribution in [1.82, 2.24) is 16.0 Å². The minimum atomic E-state index is -0.411. The third kappa shape index (κ3) is 9.31. The van der Waals surface area contributed by atoms with Crippen LogP contribution in [-0.2, 0) is 14.3 Å². The van der Waals surface area contributed by atoms with Gasteiger partial charge < -0.3 is 20.7 Å². The molecule has 3 N–H and O–H groups in total. The van der Waals surface area contributed by atoms with E-state index in [4.69, 9.17) is 4.74 Å². The van der Waals surface area contributed by atoms with E-state index in [1.807, 2.05) is 24.3 Å². The van der Waals surface area contributed by atoms with Gasteiger partial charge in [0.2, 0.25) is 11.8 Å². The van der Waals surface area contributed by atoms with Gasteiger partial charge in [-0.1, -0.05) is 55.5 Å². The zero-order valence-electron chi connectivity index (χ0n) is 21.8. The Morgan fingerprint density at radius 3 is 1.95 bits per heavy atom. The predicted octanol–water partition coefficient (Wildman–Crippen LogP) is 4.82. The number of hydrogen-bond acceptors (Lipinski definition) is 6. The fraction of sp³-hybridized carbons (Fsp3) is 0.464. The lowest BCUT2D eigenvalue weighted by Crippen LogP contribution is -2.33. The lowest BCUT2D eigenvalue weighted by molar-refractivity contribution is -0.119. The van der Waals surface area contributed by atoms with Crippen LogP contribution in [0.4, 0.5) is 4.79 Å². The molecule has 7 nitrogen and oxygen atoms in total. The number of ether oxygens (including phenoxy) is 1. The van der Waals surface area contributed by atoms with Crippen LogP contribution in [0.2, 0.25) is 0 Å².